The second kappa shape index (κ2) is 7.96. The van der Waals surface area contributed by atoms with Crippen molar-refractivity contribution in [3.05, 3.63) is 98.5 Å². The van der Waals surface area contributed by atoms with Gasteiger partial charge in [-0.1, -0.05) is 28.1 Å². The Labute approximate surface area is 179 Å². The fourth-order valence-electron chi connectivity index (χ4n) is 3.09. The summed E-state index contributed by atoms with van der Waals surface area (Å²) in [5.41, 5.74) is 1.43. The SMILES string of the molecule is O=C(O)c1ccc(-n2c(/C=C/c3cc(Br)ccc3O)nc3ccccc3c2=O)cc1. The van der Waals surface area contributed by atoms with Crippen molar-refractivity contribution in [2.45, 2.75) is 0 Å². The molecule has 0 fully saturated rings. The standard InChI is InChI=1S/C23H15BrN2O4/c24-16-8-11-20(27)15(13-16)7-12-21-25-19-4-2-1-3-18(19)22(28)26(21)17-9-5-14(6-10-17)23(29)30/h1-13,27H,(H,29,30)/b12-7+. The minimum Gasteiger partial charge on any atom is -0.507 e. The van der Waals surface area contributed by atoms with Crippen LogP contribution in [0.2, 0.25) is 0 Å². The number of aromatic carboxylic acids is 1. The Kier molecular flexibility index (Phi) is 5.20. The summed E-state index contributed by atoms with van der Waals surface area (Å²) in [7, 11) is 0. The number of para-hydroxylation sites is 1. The fraction of sp³-hybridized carbons (Fsp3) is 0. The summed E-state index contributed by atoms with van der Waals surface area (Å²) in [6, 6.07) is 18.0. The molecule has 0 unspecified atom stereocenters. The summed E-state index contributed by atoms with van der Waals surface area (Å²) in [5, 5.41) is 19.7. The van der Waals surface area contributed by atoms with Crippen LogP contribution in [0.4, 0.5) is 0 Å². The number of carboxylic acid groups (broad SMARTS) is 1. The van der Waals surface area contributed by atoms with E-state index >= 15 is 0 Å². The molecule has 0 atom stereocenters. The van der Waals surface area contributed by atoms with Gasteiger partial charge in [0.2, 0.25) is 0 Å². The smallest absolute Gasteiger partial charge is 0.335 e. The number of nitrogens with zero attached hydrogens (tertiary/aromatic N) is 2. The lowest BCUT2D eigenvalue weighted by Gasteiger charge is -2.12. The minimum absolute atomic E-state index is 0.0925. The van der Waals surface area contributed by atoms with Gasteiger partial charge in [-0.3, -0.25) is 9.36 Å². The van der Waals surface area contributed by atoms with Gasteiger partial charge < -0.3 is 10.2 Å². The summed E-state index contributed by atoms with van der Waals surface area (Å²) in [5.74, 6) is -0.605. The predicted octanol–water partition coefficient (Wildman–Crippen LogP) is 4.72. The highest BCUT2D eigenvalue weighted by atomic mass is 79.9. The fourth-order valence-corrected chi connectivity index (χ4v) is 3.47. The van der Waals surface area contributed by atoms with E-state index in [1.807, 2.05) is 0 Å². The zero-order chi connectivity index (χ0) is 21.3. The molecule has 4 aromatic rings. The zero-order valence-electron chi connectivity index (χ0n) is 15.5. The number of phenols is 1. The van der Waals surface area contributed by atoms with Gasteiger partial charge >= 0.3 is 5.97 Å². The van der Waals surface area contributed by atoms with Crippen LogP contribution in [0.25, 0.3) is 28.7 Å². The molecule has 6 nitrogen and oxygen atoms in total. The first-order valence-corrected chi connectivity index (χ1v) is 9.75. The third-order valence-electron chi connectivity index (χ3n) is 4.58. The highest BCUT2D eigenvalue weighted by Crippen LogP contribution is 2.24. The molecule has 0 radical (unpaired) electrons. The second-order valence-electron chi connectivity index (χ2n) is 6.52. The number of hydrogen-bond acceptors (Lipinski definition) is 4. The van der Waals surface area contributed by atoms with E-state index in [2.05, 4.69) is 20.9 Å². The molecule has 4 rings (SSSR count). The number of rotatable bonds is 4. The Balaban J connectivity index is 1.92. The first-order chi connectivity index (χ1) is 14.4. The largest absolute Gasteiger partial charge is 0.507 e. The van der Waals surface area contributed by atoms with Crippen LogP contribution in [-0.2, 0) is 0 Å². The Morgan fingerprint density at radius 1 is 1.00 bits per heavy atom. The molecule has 0 saturated heterocycles. The molecule has 3 aromatic carbocycles. The van der Waals surface area contributed by atoms with Gasteiger partial charge in [0, 0.05) is 10.0 Å². The molecule has 7 heteroatoms. The molecule has 30 heavy (non-hydrogen) atoms. The highest BCUT2D eigenvalue weighted by molar-refractivity contribution is 9.10. The first-order valence-electron chi connectivity index (χ1n) is 8.96. The van der Waals surface area contributed by atoms with Crippen LogP contribution >= 0.6 is 15.9 Å². The van der Waals surface area contributed by atoms with E-state index in [0.29, 0.717) is 28.0 Å². The summed E-state index contributed by atoms with van der Waals surface area (Å²) in [4.78, 5) is 29.0. The third kappa shape index (κ3) is 3.75. The maximum atomic E-state index is 13.2. The van der Waals surface area contributed by atoms with Gasteiger partial charge in [0.1, 0.15) is 11.6 Å². The molecule has 1 heterocycles. The van der Waals surface area contributed by atoms with Crippen molar-refractivity contribution in [3.8, 4) is 11.4 Å². The van der Waals surface area contributed by atoms with Crippen LogP contribution < -0.4 is 5.56 Å². The van der Waals surface area contributed by atoms with Gasteiger partial charge in [0.15, 0.2) is 0 Å². The average Bonchev–Trinajstić information content (AvgIpc) is 2.74. The summed E-state index contributed by atoms with van der Waals surface area (Å²) in [6.45, 7) is 0. The highest BCUT2D eigenvalue weighted by Gasteiger charge is 2.12. The number of aromatic hydroxyl groups is 1. The van der Waals surface area contributed by atoms with Crippen molar-refractivity contribution in [2.75, 3.05) is 0 Å². The number of aromatic nitrogens is 2. The molecule has 2 N–H and O–H groups in total. The van der Waals surface area contributed by atoms with E-state index in [0.717, 1.165) is 4.47 Å². The molecule has 148 valence electrons. The van der Waals surface area contributed by atoms with E-state index in [4.69, 9.17) is 5.11 Å². The molecule has 0 aliphatic carbocycles. The summed E-state index contributed by atoms with van der Waals surface area (Å²) in [6.07, 6.45) is 3.30. The van der Waals surface area contributed by atoms with E-state index in [1.54, 1.807) is 66.7 Å². The molecule has 0 saturated carbocycles. The molecule has 0 spiro atoms. The van der Waals surface area contributed by atoms with Gasteiger partial charge in [-0.25, -0.2) is 9.78 Å². The number of fused-ring (bicyclic) bond motifs is 1. The zero-order valence-corrected chi connectivity index (χ0v) is 17.1. The van der Waals surface area contributed by atoms with Crippen molar-refractivity contribution < 1.29 is 15.0 Å². The van der Waals surface area contributed by atoms with Crippen LogP contribution in [0, 0.1) is 0 Å². The van der Waals surface area contributed by atoms with Gasteiger partial charge in [0.05, 0.1) is 22.2 Å². The summed E-state index contributed by atoms with van der Waals surface area (Å²) < 4.78 is 2.22. The lowest BCUT2D eigenvalue weighted by Crippen LogP contribution is -2.22. The Morgan fingerprint density at radius 3 is 2.47 bits per heavy atom. The van der Waals surface area contributed by atoms with Gasteiger partial charge in [0.25, 0.3) is 5.56 Å². The minimum atomic E-state index is -1.05. The topological polar surface area (TPSA) is 92.4 Å². The lowest BCUT2D eigenvalue weighted by atomic mass is 10.1. The molecular formula is C23H15BrN2O4. The van der Waals surface area contributed by atoms with Crippen LogP contribution in [0.5, 0.6) is 5.75 Å². The number of benzene rings is 3. The Morgan fingerprint density at radius 2 is 1.73 bits per heavy atom. The van der Waals surface area contributed by atoms with E-state index < -0.39 is 5.97 Å². The lowest BCUT2D eigenvalue weighted by molar-refractivity contribution is 0.0697. The van der Waals surface area contributed by atoms with E-state index in [1.165, 1.54) is 16.7 Å². The van der Waals surface area contributed by atoms with Gasteiger partial charge in [-0.05, 0) is 66.7 Å². The number of carboxylic acids is 1. The van der Waals surface area contributed by atoms with Crippen molar-refractivity contribution in [1.82, 2.24) is 9.55 Å². The van der Waals surface area contributed by atoms with Crippen molar-refractivity contribution in [1.29, 1.82) is 0 Å². The van der Waals surface area contributed by atoms with Crippen LogP contribution in [0.15, 0.2) is 76.0 Å². The van der Waals surface area contributed by atoms with Crippen molar-refractivity contribution in [2.24, 2.45) is 0 Å². The molecule has 0 amide bonds. The number of phenolic OH excluding ortho intramolecular Hbond substituents is 1. The Hall–Kier alpha value is -3.71. The van der Waals surface area contributed by atoms with E-state index in [-0.39, 0.29) is 16.9 Å². The molecular weight excluding hydrogens is 448 g/mol. The van der Waals surface area contributed by atoms with Crippen LogP contribution in [0.1, 0.15) is 21.7 Å². The van der Waals surface area contributed by atoms with Crippen molar-refractivity contribution in [3.63, 3.8) is 0 Å². The van der Waals surface area contributed by atoms with Gasteiger partial charge in [-0.15, -0.1) is 0 Å². The predicted molar refractivity (Wildman–Crippen MR) is 119 cm³/mol. The van der Waals surface area contributed by atoms with Gasteiger partial charge in [-0.2, -0.15) is 0 Å². The number of hydrogen-bond donors (Lipinski definition) is 2. The average molecular weight is 463 g/mol. The molecule has 0 aliphatic heterocycles. The molecule has 0 aliphatic rings. The number of halogens is 1. The molecule has 1 aromatic heterocycles. The third-order valence-corrected chi connectivity index (χ3v) is 5.07. The monoisotopic (exact) mass is 462 g/mol. The second-order valence-corrected chi connectivity index (χ2v) is 7.43. The first kappa shape index (κ1) is 19.6. The van der Waals surface area contributed by atoms with Crippen LogP contribution in [-0.4, -0.2) is 25.7 Å². The quantitative estimate of drug-likeness (QED) is 0.457. The number of carbonyl (C=O) groups is 1. The Bertz CT molecular complexity index is 1360. The normalized spacial score (nSPS) is 11.2. The molecule has 0 bridgehead atoms. The summed E-state index contributed by atoms with van der Waals surface area (Å²) >= 11 is 3.37. The van der Waals surface area contributed by atoms with E-state index in [9.17, 15) is 14.7 Å². The van der Waals surface area contributed by atoms with Crippen LogP contribution in [0.3, 0.4) is 0 Å². The maximum absolute atomic E-state index is 13.2. The van der Waals surface area contributed by atoms with Crippen molar-refractivity contribution >= 4 is 45.0 Å². The maximum Gasteiger partial charge on any atom is 0.335 e.